The van der Waals surface area contributed by atoms with E-state index in [2.05, 4.69) is 19.9 Å². The van der Waals surface area contributed by atoms with Crippen LogP contribution in [-0.2, 0) is 9.47 Å². The smallest absolute Gasteiger partial charge is 0.121 e. The monoisotopic (exact) mass is 426 g/mol. The van der Waals surface area contributed by atoms with Crippen molar-refractivity contribution in [3.8, 4) is 5.75 Å². The molecule has 3 nitrogen and oxygen atoms in total. The summed E-state index contributed by atoms with van der Waals surface area (Å²) >= 11 is 8.14. The second-order valence-electron chi connectivity index (χ2n) is 8.27. The second-order valence-corrected chi connectivity index (χ2v) is 9.94. The molecule has 2 heterocycles. The molecular formula is C23H35ClO3S. The van der Waals surface area contributed by atoms with Gasteiger partial charge in [0.05, 0.1) is 12.7 Å². The summed E-state index contributed by atoms with van der Waals surface area (Å²) in [6.07, 6.45) is 10.1. The highest BCUT2D eigenvalue weighted by Gasteiger charge is 2.32. The minimum Gasteiger partial charge on any atom is -0.493 e. The molecule has 3 atom stereocenters. The van der Waals surface area contributed by atoms with Gasteiger partial charge in [0.25, 0.3) is 0 Å². The molecule has 2 aliphatic heterocycles. The molecule has 2 aliphatic rings. The summed E-state index contributed by atoms with van der Waals surface area (Å²) in [5.74, 6) is 2.07. The largest absolute Gasteiger partial charge is 0.493 e. The summed E-state index contributed by atoms with van der Waals surface area (Å²) in [6.45, 7) is 7.02. The van der Waals surface area contributed by atoms with Crippen molar-refractivity contribution >= 4 is 23.4 Å². The summed E-state index contributed by atoms with van der Waals surface area (Å²) in [7, 11) is 0. The van der Waals surface area contributed by atoms with Gasteiger partial charge in [0.2, 0.25) is 0 Å². The lowest BCUT2D eigenvalue weighted by Gasteiger charge is -2.22. The van der Waals surface area contributed by atoms with Gasteiger partial charge in [-0.1, -0.05) is 62.9 Å². The molecule has 0 aliphatic carbocycles. The zero-order valence-electron chi connectivity index (χ0n) is 17.3. The molecule has 0 amide bonds. The van der Waals surface area contributed by atoms with Crippen LogP contribution in [0.25, 0.3) is 0 Å². The highest BCUT2D eigenvalue weighted by atomic mass is 35.5. The van der Waals surface area contributed by atoms with Crippen LogP contribution < -0.4 is 4.74 Å². The number of thioether (sulfide) groups is 1. The van der Waals surface area contributed by atoms with E-state index in [1.807, 2.05) is 12.1 Å². The molecule has 0 aromatic heterocycles. The zero-order valence-corrected chi connectivity index (χ0v) is 18.9. The summed E-state index contributed by atoms with van der Waals surface area (Å²) in [6, 6.07) is 6.05. The van der Waals surface area contributed by atoms with Crippen LogP contribution in [-0.4, -0.2) is 31.4 Å². The van der Waals surface area contributed by atoms with Crippen LogP contribution in [0.4, 0.5) is 0 Å². The van der Waals surface area contributed by atoms with Crippen LogP contribution in [0.5, 0.6) is 5.75 Å². The van der Waals surface area contributed by atoms with Gasteiger partial charge in [-0.3, -0.25) is 0 Å². The lowest BCUT2D eigenvalue weighted by molar-refractivity contribution is 0.0497. The van der Waals surface area contributed by atoms with Crippen LogP contribution in [0.15, 0.2) is 23.1 Å². The number of benzene rings is 1. The first kappa shape index (κ1) is 22.3. The molecule has 0 N–H and O–H groups in total. The minimum absolute atomic E-state index is 0.216. The first-order valence-electron chi connectivity index (χ1n) is 11.0. The van der Waals surface area contributed by atoms with Crippen LogP contribution in [0, 0.1) is 11.8 Å². The standard InChI is InChI=1S/C23H35ClO3S/c1-3-4-5-6-7-22-17(2)12-23(27-22)28-21-14-19(24)13-20(15-21)26-16-18-8-10-25-11-9-18/h13-15,17-18,22-23H,3-12,16H2,1-2H3/t17-,22?,23?/m1/s1. The highest BCUT2D eigenvalue weighted by Crippen LogP contribution is 2.40. The van der Waals surface area contributed by atoms with E-state index in [-0.39, 0.29) is 5.44 Å². The molecule has 0 bridgehead atoms. The van der Waals surface area contributed by atoms with Crippen LogP contribution >= 0.6 is 23.4 Å². The Kier molecular flexibility index (Phi) is 9.29. The summed E-state index contributed by atoms with van der Waals surface area (Å²) in [4.78, 5) is 1.14. The maximum Gasteiger partial charge on any atom is 0.121 e. The van der Waals surface area contributed by atoms with Crippen molar-refractivity contribution in [2.45, 2.75) is 81.6 Å². The highest BCUT2D eigenvalue weighted by molar-refractivity contribution is 7.99. The Morgan fingerprint density at radius 1 is 1.14 bits per heavy atom. The molecule has 1 aromatic carbocycles. The van der Waals surface area contributed by atoms with E-state index in [1.54, 1.807) is 11.8 Å². The molecule has 0 saturated carbocycles. The quantitative estimate of drug-likeness (QED) is 0.378. The Morgan fingerprint density at radius 2 is 1.96 bits per heavy atom. The number of hydrogen-bond acceptors (Lipinski definition) is 4. The van der Waals surface area contributed by atoms with E-state index >= 15 is 0 Å². The second kappa shape index (κ2) is 11.7. The van der Waals surface area contributed by atoms with Crippen molar-refractivity contribution in [3.05, 3.63) is 23.2 Å². The molecule has 3 rings (SSSR count). The molecule has 5 heteroatoms. The molecule has 2 fully saturated rings. The van der Waals surface area contributed by atoms with E-state index in [4.69, 9.17) is 25.8 Å². The maximum absolute atomic E-state index is 6.36. The topological polar surface area (TPSA) is 27.7 Å². The number of hydrogen-bond donors (Lipinski definition) is 0. The molecule has 28 heavy (non-hydrogen) atoms. The van der Waals surface area contributed by atoms with Gasteiger partial charge in [-0.25, -0.2) is 0 Å². The third-order valence-corrected chi connectivity index (χ3v) is 7.10. The van der Waals surface area contributed by atoms with E-state index < -0.39 is 0 Å². The fraction of sp³-hybridized carbons (Fsp3) is 0.739. The van der Waals surface area contributed by atoms with Crippen molar-refractivity contribution in [2.24, 2.45) is 11.8 Å². The summed E-state index contributed by atoms with van der Waals surface area (Å²) in [5.41, 5.74) is 0.216. The van der Waals surface area contributed by atoms with Gasteiger partial charge in [-0.2, -0.15) is 0 Å². The van der Waals surface area contributed by atoms with Gasteiger partial charge in [0.15, 0.2) is 0 Å². The van der Waals surface area contributed by atoms with Crippen molar-refractivity contribution in [2.75, 3.05) is 19.8 Å². The molecule has 1 aromatic rings. The molecule has 2 unspecified atom stereocenters. The zero-order chi connectivity index (χ0) is 19.8. The minimum atomic E-state index is 0.216. The Hall–Kier alpha value is -0.420. The Bertz CT molecular complexity index is 591. The number of rotatable bonds is 10. The number of ether oxygens (including phenoxy) is 3. The fourth-order valence-electron chi connectivity index (χ4n) is 4.01. The van der Waals surface area contributed by atoms with E-state index in [0.29, 0.717) is 17.9 Å². The Labute approximate surface area is 179 Å². The molecule has 0 spiro atoms. The average molecular weight is 427 g/mol. The predicted octanol–water partition coefficient (Wildman–Crippen LogP) is 6.96. The Morgan fingerprint density at radius 3 is 2.75 bits per heavy atom. The van der Waals surface area contributed by atoms with Crippen molar-refractivity contribution in [1.82, 2.24) is 0 Å². The van der Waals surface area contributed by atoms with E-state index in [9.17, 15) is 0 Å². The summed E-state index contributed by atoms with van der Waals surface area (Å²) < 4.78 is 17.8. The van der Waals surface area contributed by atoms with Crippen molar-refractivity contribution < 1.29 is 14.2 Å². The fourth-order valence-corrected chi connectivity index (χ4v) is 5.58. The maximum atomic E-state index is 6.36. The summed E-state index contributed by atoms with van der Waals surface area (Å²) in [5, 5.41) is 0.731. The third-order valence-electron chi connectivity index (χ3n) is 5.81. The van der Waals surface area contributed by atoms with E-state index in [0.717, 1.165) is 54.8 Å². The van der Waals surface area contributed by atoms with Crippen LogP contribution in [0.1, 0.15) is 65.2 Å². The SMILES string of the molecule is CCCCCCC1OC(Sc2cc(Cl)cc(OCC3CCOCC3)c2)C[C@H]1C. The average Bonchev–Trinajstić information content (AvgIpc) is 3.03. The van der Waals surface area contributed by atoms with Crippen molar-refractivity contribution in [3.63, 3.8) is 0 Å². The van der Waals surface area contributed by atoms with Gasteiger partial charge >= 0.3 is 0 Å². The first-order chi connectivity index (χ1) is 13.6. The van der Waals surface area contributed by atoms with E-state index in [1.165, 1.54) is 32.1 Å². The number of halogens is 1. The van der Waals surface area contributed by atoms with Gasteiger partial charge in [-0.05, 0) is 55.7 Å². The number of unbranched alkanes of at least 4 members (excludes halogenated alkanes) is 3. The molecule has 158 valence electrons. The van der Waals surface area contributed by atoms with Crippen LogP contribution in [0.3, 0.4) is 0 Å². The van der Waals surface area contributed by atoms with Gasteiger partial charge in [0, 0.05) is 23.1 Å². The molecule has 0 radical (unpaired) electrons. The lowest BCUT2D eigenvalue weighted by atomic mass is 9.99. The molecular weight excluding hydrogens is 392 g/mol. The van der Waals surface area contributed by atoms with Gasteiger partial charge in [0.1, 0.15) is 11.2 Å². The lowest BCUT2D eigenvalue weighted by Crippen LogP contribution is -2.21. The first-order valence-corrected chi connectivity index (χ1v) is 12.2. The van der Waals surface area contributed by atoms with Gasteiger partial charge < -0.3 is 14.2 Å². The van der Waals surface area contributed by atoms with Crippen molar-refractivity contribution in [1.29, 1.82) is 0 Å². The molecule has 2 saturated heterocycles. The van der Waals surface area contributed by atoms with Crippen LogP contribution in [0.2, 0.25) is 5.02 Å². The Balaban J connectivity index is 1.49. The normalized spacial score (nSPS) is 25.9. The third kappa shape index (κ3) is 7.12. The van der Waals surface area contributed by atoms with Gasteiger partial charge in [-0.15, -0.1) is 0 Å². The predicted molar refractivity (Wildman–Crippen MR) is 118 cm³/mol.